The lowest BCUT2D eigenvalue weighted by molar-refractivity contribution is 0.279. The highest BCUT2D eigenvalue weighted by Crippen LogP contribution is 2.32. The summed E-state index contributed by atoms with van der Waals surface area (Å²) in [5.41, 5.74) is 4.45. The van der Waals surface area contributed by atoms with Gasteiger partial charge in [0.05, 0.1) is 31.8 Å². The number of allylic oxidation sites excluding steroid dienone is 1. The van der Waals surface area contributed by atoms with Gasteiger partial charge in [0.25, 0.3) is 0 Å². The summed E-state index contributed by atoms with van der Waals surface area (Å²) in [7, 11) is 3.36. The predicted molar refractivity (Wildman–Crippen MR) is 150 cm³/mol. The number of ether oxygens (including phenoxy) is 3. The lowest BCUT2D eigenvalue weighted by Crippen LogP contribution is -2.14. The van der Waals surface area contributed by atoms with E-state index in [1.165, 1.54) is 10.9 Å². The van der Waals surface area contributed by atoms with Crippen LogP contribution < -0.4 is 14.2 Å². The van der Waals surface area contributed by atoms with E-state index < -0.39 is 0 Å². The molecule has 0 aliphatic carbocycles. The third-order valence-corrected chi connectivity index (χ3v) is 6.82. The van der Waals surface area contributed by atoms with E-state index in [4.69, 9.17) is 19.2 Å². The second-order valence-corrected chi connectivity index (χ2v) is 9.13. The van der Waals surface area contributed by atoms with Crippen LogP contribution in [0.15, 0.2) is 91.5 Å². The van der Waals surface area contributed by atoms with Crippen molar-refractivity contribution < 1.29 is 14.2 Å². The molecule has 0 N–H and O–H groups in total. The highest BCUT2D eigenvalue weighted by Gasteiger charge is 2.19. The molecule has 0 fully saturated rings. The van der Waals surface area contributed by atoms with E-state index in [1.807, 2.05) is 30.3 Å². The van der Waals surface area contributed by atoms with Crippen LogP contribution in [0.1, 0.15) is 29.8 Å². The Bertz CT molecular complexity index is 1550. The third kappa shape index (κ3) is 5.03. The van der Waals surface area contributed by atoms with Gasteiger partial charge in [0.1, 0.15) is 18.2 Å². The van der Waals surface area contributed by atoms with E-state index >= 15 is 0 Å². The van der Waals surface area contributed by atoms with Gasteiger partial charge in [-0.1, -0.05) is 55.5 Å². The number of hydrogen-bond acceptors (Lipinski definition) is 4. The summed E-state index contributed by atoms with van der Waals surface area (Å²) in [6.45, 7) is 7.19. The van der Waals surface area contributed by atoms with E-state index in [0.29, 0.717) is 13.2 Å². The quantitative estimate of drug-likeness (QED) is 0.194. The Balaban J connectivity index is 1.42. The average molecular weight is 493 g/mol. The number of rotatable bonds is 10. The van der Waals surface area contributed by atoms with E-state index in [9.17, 15) is 0 Å². The van der Waals surface area contributed by atoms with E-state index in [0.717, 1.165) is 51.5 Å². The van der Waals surface area contributed by atoms with Crippen LogP contribution in [0, 0.1) is 0 Å². The maximum absolute atomic E-state index is 6.19. The SMILES string of the molecule is C=CCc1ccc(OCCn2c(C(C)c3ccc4cc(OC)ccc4c3)nc3ccccc32)c(OC)c1. The van der Waals surface area contributed by atoms with Crippen molar-refractivity contribution in [3.05, 3.63) is 108 Å². The first-order chi connectivity index (χ1) is 18.1. The van der Waals surface area contributed by atoms with Gasteiger partial charge >= 0.3 is 0 Å². The Labute approximate surface area is 217 Å². The maximum atomic E-state index is 6.19. The molecule has 0 saturated heterocycles. The molecule has 0 spiro atoms. The van der Waals surface area contributed by atoms with Crippen molar-refractivity contribution in [2.75, 3.05) is 20.8 Å². The van der Waals surface area contributed by atoms with Crippen LogP contribution in [0.3, 0.4) is 0 Å². The fraction of sp³-hybridized carbons (Fsp3) is 0.219. The van der Waals surface area contributed by atoms with Crippen LogP contribution in [0.5, 0.6) is 17.2 Å². The molecule has 0 amide bonds. The van der Waals surface area contributed by atoms with Crippen molar-refractivity contribution >= 4 is 21.8 Å². The van der Waals surface area contributed by atoms with Crippen molar-refractivity contribution in [3.63, 3.8) is 0 Å². The number of fused-ring (bicyclic) bond motifs is 2. The summed E-state index contributed by atoms with van der Waals surface area (Å²) in [6, 6.07) is 27.1. The maximum Gasteiger partial charge on any atom is 0.161 e. The third-order valence-electron chi connectivity index (χ3n) is 6.82. The zero-order chi connectivity index (χ0) is 25.8. The van der Waals surface area contributed by atoms with Crippen LogP contribution in [0.4, 0.5) is 0 Å². The van der Waals surface area contributed by atoms with Gasteiger partial charge in [0.2, 0.25) is 0 Å². The van der Waals surface area contributed by atoms with Crippen LogP contribution in [0.25, 0.3) is 21.8 Å². The second kappa shape index (κ2) is 10.8. The lowest BCUT2D eigenvalue weighted by atomic mass is 9.97. The molecule has 4 aromatic carbocycles. The Kier molecular flexibility index (Phi) is 7.13. The first-order valence-electron chi connectivity index (χ1n) is 12.5. The van der Waals surface area contributed by atoms with Gasteiger partial charge in [0.15, 0.2) is 11.5 Å². The van der Waals surface area contributed by atoms with E-state index in [1.54, 1.807) is 14.2 Å². The Morgan fingerprint density at radius 2 is 1.70 bits per heavy atom. The minimum absolute atomic E-state index is 0.103. The molecule has 1 unspecified atom stereocenters. The molecule has 5 heteroatoms. The molecule has 0 bridgehead atoms. The molecule has 1 aromatic heterocycles. The van der Waals surface area contributed by atoms with E-state index in [2.05, 4.69) is 72.7 Å². The summed E-state index contributed by atoms with van der Waals surface area (Å²) in [4.78, 5) is 5.04. The number of benzene rings is 4. The topological polar surface area (TPSA) is 45.5 Å². The lowest BCUT2D eigenvalue weighted by Gasteiger charge is -2.17. The van der Waals surface area contributed by atoms with Crippen LogP contribution in [0.2, 0.25) is 0 Å². The zero-order valence-corrected chi connectivity index (χ0v) is 21.6. The largest absolute Gasteiger partial charge is 0.497 e. The minimum atomic E-state index is 0.103. The molecule has 0 aliphatic heterocycles. The summed E-state index contributed by atoms with van der Waals surface area (Å²) in [6.07, 6.45) is 2.68. The Hall–Kier alpha value is -4.25. The molecule has 5 rings (SSSR count). The van der Waals surface area contributed by atoms with Crippen molar-refractivity contribution in [2.24, 2.45) is 0 Å². The minimum Gasteiger partial charge on any atom is -0.497 e. The Morgan fingerprint density at radius 1 is 0.892 bits per heavy atom. The molecule has 5 aromatic rings. The number of para-hydroxylation sites is 2. The molecule has 1 atom stereocenters. The summed E-state index contributed by atoms with van der Waals surface area (Å²) in [5.74, 6) is 3.45. The predicted octanol–water partition coefficient (Wildman–Crippen LogP) is 7.17. The summed E-state index contributed by atoms with van der Waals surface area (Å²) >= 11 is 0. The monoisotopic (exact) mass is 492 g/mol. The highest BCUT2D eigenvalue weighted by molar-refractivity contribution is 5.85. The van der Waals surface area contributed by atoms with Crippen molar-refractivity contribution in [1.29, 1.82) is 0 Å². The standard InChI is InChI=1S/C32H32N2O3/c1-5-8-23-11-16-30(31(19-23)36-4)37-18-17-34-29-10-7-6-9-28(29)33-32(34)22(2)24-12-13-26-21-27(35-3)15-14-25(26)20-24/h5-7,9-16,19-22H,1,8,17-18H2,2-4H3. The van der Waals surface area contributed by atoms with Gasteiger partial charge in [0, 0.05) is 5.92 Å². The highest BCUT2D eigenvalue weighted by atomic mass is 16.5. The first kappa shape index (κ1) is 24.4. The van der Waals surface area contributed by atoms with Crippen LogP contribution >= 0.6 is 0 Å². The molecular formula is C32H32N2O3. The molecule has 1 heterocycles. The van der Waals surface area contributed by atoms with Gasteiger partial charge in [-0.3, -0.25) is 0 Å². The van der Waals surface area contributed by atoms with Crippen LogP contribution in [-0.4, -0.2) is 30.4 Å². The van der Waals surface area contributed by atoms with Gasteiger partial charge in [-0.15, -0.1) is 6.58 Å². The number of nitrogens with zero attached hydrogens (tertiary/aromatic N) is 2. The van der Waals surface area contributed by atoms with Gasteiger partial charge in [-0.25, -0.2) is 4.98 Å². The summed E-state index contributed by atoms with van der Waals surface area (Å²) < 4.78 is 19.4. The number of hydrogen-bond donors (Lipinski definition) is 0. The molecule has 0 radical (unpaired) electrons. The van der Waals surface area contributed by atoms with Gasteiger partial charge in [-0.2, -0.15) is 0 Å². The van der Waals surface area contributed by atoms with E-state index in [-0.39, 0.29) is 5.92 Å². The molecule has 0 aliphatic rings. The van der Waals surface area contributed by atoms with Crippen molar-refractivity contribution in [2.45, 2.75) is 25.8 Å². The zero-order valence-electron chi connectivity index (χ0n) is 21.6. The molecule has 188 valence electrons. The van der Waals surface area contributed by atoms with Crippen molar-refractivity contribution in [1.82, 2.24) is 9.55 Å². The normalized spacial score (nSPS) is 12.0. The van der Waals surface area contributed by atoms with Gasteiger partial charge < -0.3 is 18.8 Å². The fourth-order valence-corrected chi connectivity index (χ4v) is 4.82. The van der Waals surface area contributed by atoms with Gasteiger partial charge in [-0.05, 0) is 64.7 Å². The van der Waals surface area contributed by atoms with Crippen LogP contribution in [-0.2, 0) is 13.0 Å². The summed E-state index contributed by atoms with van der Waals surface area (Å²) in [5, 5.41) is 2.34. The number of imidazole rings is 1. The van der Waals surface area contributed by atoms with Crippen molar-refractivity contribution in [3.8, 4) is 17.2 Å². The average Bonchev–Trinajstić information content (AvgIpc) is 3.31. The molecule has 37 heavy (non-hydrogen) atoms. The second-order valence-electron chi connectivity index (χ2n) is 9.13. The number of methoxy groups -OCH3 is 2. The molecular weight excluding hydrogens is 460 g/mol. The Morgan fingerprint density at radius 3 is 2.51 bits per heavy atom. The fourth-order valence-electron chi connectivity index (χ4n) is 4.82. The molecule has 0 saturated carbocycles. The molecule has 5 nitrogen and oxygen atoms in total. The first-order valence-corrected chi connectivity index (χ1v) is 12.5. The number of aromatic nitrogens is 2. The smallest absolute Gasteiger partial charge is 0.161 e.